The van der Waals surface area contributed by atoms with Gasteiger partial charge in [0.25, 0.3) is 0 Å². The van der Waals surface area contributed by atoms with E-state index in [1.54, 1.807) is 10.7 Å². The summed E-state index contributed by atoms with van der Waals surface area (Å²) >= 11 is 6.31. The molecule has 0 fully saturated rings. The first-order valence-electron chi connectivity index (χ1n) is 7.73. The molecule has 3 rings (SSSR count). The maximum absolute atomic E-state index is 8.72. The summed E-state index contributed by atoms with van der Waals surface area (Å²) in [4.78, 5) is 4.61. The van der Waals surface area contributed by atoms with Crippen molar-refractivity contribution in [1.82, 2.24) is 14.6 Å². The number of aryl methyl sites for hydroxylation is 1. The minimum Gasteiger partial charge on any atom is -0.394 e. The van der Waals surface area contributed by atoms with E-state index in [0.29, 0.717) is 24.8 Å². The maximum Gasteiger partial charge on any atom is 0.165 e. The van der Waals surface area contributed by atoms with Crippen LogP contribution in [-0.2, 0) is 4.74 Å². The van der Waals surface area contributed by atoms with Crippen LogP contribution in [-0.4, -0.2) is 46.1 Å². The number of aliphatic hydroxyl groups excluding tert-OH is 1. The van der Waals surface area contributed by atoms with Gasteiger partial charge in [0.15, 0.2) is 5.65 Å². The van der Waals surface area contributed by atoms with Crippen molar-refractivity contribution < 1.29 is 9.84 Å². The lowest BCUT2D eigenvalue weighted by molar-refractivity contribution is 0.0991. The van der Waals surface area contributed by atoms with E-state index in [0.717, 1.165) is 28.3 Å². The Balaban J connectivity index is 1.91. The van der Waals surface area contributed by atoms with E-state index in [-0.39, 0.29) is 6.61 Å². The van der Waals surface area contributed by atoms with Crippen molar-refractivity contribution in [3.05, 3.63) is 47.2 Å². The van der Waals surface area contributed by atoms with Crippen LogP contribution in [0.15, 0.2) is 36.5 Å². The molecule has 0 spiro atoms. The van der Waals surface area contributed by atoms with Crippen LogP contribution in [0.1, 0.15) is 5.69 Å². The van der Waals surface area contributed by atoms with Crippen molar-refractivity contribution in [1.29, 1.82) is 0 Å². The van der Waals surface area contributed by atoms with Crippen LogP contribution >= 0.6 is 11.6 Å². The molecule has 2 N–H and O–H groups in total. The van der Waals surface area contributed by atoms with Crippen LogP contribution in [0.4, 0.5) is 5.82 Å². The predicted octanol–water partition coefficient (Wildman–Crippen LogP) is 2.78. The van der Waals surface area contributed by atoms with Gasteiger partial charge in [-0.25, -0.2) is 4.98 Å². The van der Waals surface area contributed by atoms with Crippen molar-refractivity contribution in [2.24, 2.45) is 0 Å². The van der Waals surface area contributed by atoms with Crippen molar-refractivity contribution >= 4 is 23.1 Å². The standard InChI is InChI=1S/C17H19ClN4O2/c1-12-10-16(19-6-8-24-9-7-23)22-17(21-12)14(11-20-22)13-4-2-3-5-15(13)18/h2-5,10-11,19,23H,6-9H2,1H3. The van der Waals surface area contributed by atoms with Crippen LogP contribution in [0.5, 0.6) is 0 Å². The molecule has 0 aliphatic heterocycles. The van der Waals surface area contributed by atoms with Gasteiger partial charge in [-0.05, 0) is 13.0 Å². The van der Waals surface area contributed by atoms with Gasteiger partial charge in [0, 0.05) is 34.5 Å². The van der Waals surface area contributed by atoms with Gasteiger partial charge in [-0.2, -0.15) is 9.61 Å². The molecule has 0 atom stereocenters. The molecule has 0 saturated carbocycles. The van der Waals surface area contributed by atoms with E-state index < -0.39 is 0 Å². The Kier molecular flexibility index (Phi) is 5.30. The number of ether oxygens (including phenoxy) is 1. The number of aromatic nitrogens is 3. The average molecular weight is 347 g/mol. The lowest BCUT2D eigenvalue weighted by Crippen LogP contribution is -2.14. The lowest BCUT2D eigenvalue weighted by atomic mass is 10.1. The third-order valence-electron chi connectivity index (χ3n) is 3.55. The lowest BCUT2D eigenvalue weighted by Gasteiger charge is -2.10. The van der Waals surface area contributed by atoms with Gasteiger partial charge >= 0.3 is 0 Å². The molecule has 1 aromatic carbocycles. The monoisotopic (exact) mass is 346 g/mol. The number of rotatable bonds is 7. The number of nitrogens with one attached hydrogen (secondary N) is 1. The highest BCUT2D eigenvalue weighted by molar-refractivity contribution is 6.33. The third kappa shape index (κ3) is 3.51. The van der Waals surface area contributed by atoms with Gasteiger partial charge in [0.05, 0.1) is 26.0 Å². The summed E-state index contributed by atoms with van der Waals surface area (Å²) in [6.07, 6.45) is 1.77. The Hall–Kier alpha value is -2.15. The summed E-state index contributed by atoms with van der Waals surface area (Å²) in [7, 11) is 0. The second-order valence-electron chi connectivity index (χ2n) is 5.32. The van der Waals surface area contributed by atoms with E-state index in [9.17, 15) is 0 Å². The van der Waals surface area contributed by atoms with Gasteiger partial charge in [-0.1, -0.05) is 29.8 Å². The summed E-state index contributed by atoms with van der Waals surface area (Å²) in [5.74, 6) is 0.836. The highest BCUT2D eigenvalue weighted by atomic mass is 35.5. The van der Waals surface area contributed by atoms with E-state index in [4.69, 9.17) is 21.4 Å². The zero-order valence-corrected chi connectivity index (χ0v) is 14.1. The number of halogens is 1. The minimum absolute atomic E-state index is 0.0267. The van der Waals surface area contributed by atoms with Crippen LogP contribution in [0.25, 0.3) is 16.8 Å². The number of aliphatic hydroxyl groups is 1. The zero-order valence-electron chi connectivity index (χ0n) is 13.4. The molecule has 7 heteroatoms. The van der Waals surface area contributed by atoms with Crippen molar-refractivity contribution in [2.75, 3.05) is 31.7 Å². The highest BCUT2D eigenvalue weighted by Crippen LogP contribution is 2.31. The molecule has 0 amide bonds. The summed E-state index contributed by atoms with van der Waals surface area (Å²) in [5.41, 5.74) is 3.44. The van der Waals surface area contributed by atoms with Crippen LogP contribution in [0, 0.1) is 6.92 Å². The molecule has 2 heterocycles. The van der Waals surface area contributed by atoms with Gasteiger partial charge < -0.3 is 15.2 Å². The number of hydrogen-bond acceptors (Lipinski definition) is 5. The quantitative estimate of drug-likeness (QED) is 0.644. The SMILES string of the molecule is Cc1cc(NCCOCCO)n2ncc(-c3ccccc3Cl)c2n1. The minimum atomic E-state index is 0.0267. The first kappa shape index (κ1) is 16.7. The average Bonchev–Trinajstić information content (AvgIpc) is 2.98. The molecule has 0 bridgehead atoms. The summed E-state index contributed by atoms with van der Waals surface area (Å²) < 4.78 is 7.02. The predicted molar refractivity (Wildman–Crippen MR) is 94.6 cm³/mol. The molecule has 6 nitrogen and oxygen atoms in total. The molecule has 0 unspecified atom stereocenters. The molecule has 0 aliphatic rings. The number of hydrogen-bond donors (Lipinski definition) is 2. The van der Waals surface area contributed by atoms with E-state index in [2.05, 4.69) is 15.4 Å². The topological polar surface area (TPSA) is 71.7 Å². The Labute approximate surface area is 145 Å². The molecule has 24 heavy (non-hydrogen) atoms. The summed E-state index contributed by atoms with van der Waals surface area (Å²) in [6.45, 7) is 3.42. The number of fused-ring (bicyclic) bond motifs is 1. The molecular formula is C17H19ClN4O2. The first-order chi connectivity index (χ1) is 11.7. The molecule has 3 aromatic rings. The molecular weight excluding hydrogens is 328 g/mol. The Bertz CT molecular complexity index is 835. The van der Waals surface area contributed by atoms with Crippen molar-refractivity contribution in [2.45, 2.75) is 6.92 Å². The number of nitrogens with zero attached hydrogens (tertiary/aromatic N) is 3. The fourth-order valence-corrected chi connectivity index (χ4v) is 2.74. The molecule has 126 valence electrons. The van der Waals surface area contributed by atoms with Crippen LogP contribution < -0.4 is 5.32 Å². The molecule has 0 radical (unpaired) electrons. The first-order valence-corrected chi connectivity index (χ1v) is 8.11. The Morgan fingerprint density at radius 3 is 2.88 bits per heavy atom. The fraction of sp³-hybridized carbons (Fsp3) is 0.294. The maximum atomic E-state index is 8.72. The normalized spacial score (nSPS) is 11.1. The van der Waals surface area contributed by atoms with Crippen molar-refractivity contribution in [3.63, 3.8) is 0 Å². The van der Waals surface area contributed by atoms with E-state index in [1.165, 1.54) is 0 Å². The Morgan fingerprint density at radius 2 is 2.08 bits per heavy atom. The highest BCUT2D eigenvalue weighted by Gasteiger charge is 2.13. The second kappa shape index (κ2) is 7.61. The Morgan fingerprint density at radius 1 is 1.25 bits per heavy atom. The van der Waals surface area contributed by atoms with Crippen LogP contribution in [0.3, 0.4) is 0 Å². The zero-order chi connectivity index (χ0) is 16.9. The second-order valence-corrected chi connectivity index (χ2v) is 5.73. The number of anilines is 1. The number of benzene rings is 1. The van der Waals surface area contributed by atoms with Crippen LogP contribution in [0.2, 0.25) is 5.02 Å². The van der Waals surface area contributed by atoms with Gasteiger partial charge in [-0.3, -0.25) is 0 Å². The van der Waals surface area contributed by atoms with E-state index >= 15 is 0 Å². The third-order valence-corrected chi connectivity index (χ3v) is 3.88. The van der Waals surface area contributed by atoms with Crippen molar-refractivity contribution in [3.8, 4) is 11.1 Å². The van der Waals surface area contributed by atoms with Gasteiger partial charge in [-0.15, -0.1) is 0 Å². The fourth-order valence-electron chi connectivity index (χ4n) is 2.50. The van der Waals surface area contributed by atoms with Gasteiger partial charge in [0.1, 0.15) is 5.82 Å². The summed E-state index contributed by atoms with van der Waals surface area (Å²) in [5, 5.41) is 17.1. The smallest absolute Gasteiger partial charge is 0.165 e. The van der Waals surface area contributed by atoms with Gasteiger partial charge in [0.2, 0.25) is 0 Å². The van der Waals surface area contributed by atoms with E-state index in [1.807, 2.05) is 37.3 Å². The largest absolute Gasteiger partial charge is 0.394 e. The molecule has 0 saturated heterocycles. The molecule has 2 aromatic heterocycles. The summed E-state index contributed by atoms with van der Waals surface area (Å²) in [6, 6.07) is 9.59. The molecule has 0 aliphatic carbocycles.